The van der Waals surface area contributed by atoms with E-state index < -0.39 is 18.5 Å². The van der Waals surface area contributed by atoms with Gasteiger partial charge in [-0.05, 0) is 18.2 Å². The minimum absolute atomic E-state index is 0.00944. The highest BCUT2D eigenvalue weighted by Gasteiger charge is 2.31. The van der Waals surface area contributed by atoms with Gasteiger partial charge in [-0.15, -0.1) is 0 Å². The van der Waals surface area contributed by atoms with Crippen LogP contribution in [0.4, 0.5) is 18.9 Å². The van der Waals surface area contributed by atoms with E-state index in [1.165, 1.54) is 12.1 Å². The van der Waals surface area contributed by atoms with Gasteiger partial charge in [-0.25, -0.2) is 0 Å². The molecule has 0 spiro atoms. The fourth-order valence-corrected chi connectivity index (χ4v) is 1.75. The van der Waals surface area contributed by atoms with Crippen LogP contribution < -0.4 is 11.1 Å². The number of alkyl halides is 3. The zero-order valence-corrected chi connectivity index (χ0v) is 11.2. The molecule has 3 nitrogen and oxygen atoms in total. The van der Waals surface area contributed by atoms with Crippen molar-refractivity contribution in [1.82, 2.24) is 0 Å². The topological polar surface area (TPSA) is 55.1 Å². The van der Waals surface area contributed by atoms with E-state index in [4.69, 9.17) is 18.0 Å². The van der Waals surface area contributed by atoms with Crippen molar-refractivity contribution in [2.24, 2.45) is 5.73 Å². The maximum Gasteiger partial charge on any atom is 0.397 e. The molecule has 1 aromatic rings. The van der Waals surface area contributed by atoms with Gasteiger partial charge in [-0.2, -0.15) is 13.2 Å². The summed E-state index contributed by atoms with van der Waals surface area (Å²) < 4.78 is 36.7. The first kappa shape index (κ1) is 14.9. The molecule has 0 saturated heterocycles. The maximum atomic E-state index is 12.0. The first-order chi connectivity index (χ1) is 8.19. The second kappa shape index (κ2) is 5.66. The Morgan fingerprint density at radius 1 is 1.44 bits per heavy atom. The van der Waals surface area contributed by atoms with Gasteiger partial charge >= 0.3 is 6.18 Å². The number of thiocarbonyl (C=S) groups is 1. The molecule has 0 fully saturated rings. The molecule has 0 aliphatic carbocycles. The van der Waals surface area contributed by atoms with E-state index in [-0.39, 0.29) is 10.7 Å². The van der Waals surface area contributed by atoms with E-state index in [9.17, 15) is 18.0 Å². The van der Waals surface area contributed by atoms with E-state index in [1.807, 2.05) is 0 Å². The molecule has 0 atom stereocenters. The van der Waals surface area contributed by atoms with Gasteiger partial charge in [0.05, 0.1) is 5.69 Å². The molecule has 18 heavy (non-hydrogen) atoms. The number of halogens is 4. The van der Waals surface area contributed by atoms with Crippen LogP contribution >= 0.6 is 28.1 Å². The molecule has 1 amide bonds. The Morgan fingerprint density at radius 3 is 2.56 bits per heavy atom. The number of anilines is 1. The summed E-state index contributed by atoms with van der Waals surface area (Å²) >= 11 is 7.88. The lowest BCUT2D eigenvalue weighted by atomic mass is 10.1. The fraction of sp³-hybridized carbons (Fsp3) is 0.200. The Balaban J connectivity index is 2.93. The van der Waals surface area contributed by atoms with Gasteiger partial charge in [0.25, 0.3) is 0 Å². The molecule has 0 unspecified atom stereocenters. The number of rotatable bonds is 3. The van der Waals surface area contributed by atoms with Crippen molar-refractivity contribution < 1.29 is 18.0 Å². The van der Waals surface area contributed by atoms with Crippen LogP contribution in [-0.4, -0.2) is 17.1 Å². The van der Waals surface area contributed by atoms with Crippen LogP contribution in [0.3, 0.4) is 0 Å². The lowest BCUT2D eigenvalue weighted by molar-refractivity contribution is -0.150. The smallest absolute Gasteiger partial charge is 0.389 e. The Morgan fingerprint density at radius 2 is 2.06 bits per heavy atom. The van der Waals surface area contributed by atoms with Crippen LogP contribution in [-0.2, 0) is 4.79 Å². The molecule has 1 rings (SSSR count). The Labute approximate surface area is 115 Å². The number of carbonyl (C=O) groups is 1. The molecule has 0 aromatic heterocycles. The second-order valence-electron chi connectivity index (χ2n) is 3.39. The predicted octanol–water partition coefficient (Wildman–Crippen LogP) is 2.97. The summed E-state index contributed by atoms with van der Waals surface area (Å²) in [4.78, 5) is 11.2. The third kappa shape index (κ3) is 4.61. The van der Waals surface area contributed by atoms with Crippen molar-refractivity contribution in [2.45, 2.75) is 12.6 Å². The predicted molar refractivity (Wildman–Crippen MR) is 69.3 cm³/mol. The van der Waals surface area contributed by atoms with Crippen molar-refractivity contribution in [3.8, 4) is 0 Å². The number of hydrogen-bond donors (Lipinski definition) is 2. The van der Waals surface area contributed by atoms with Crippen molar-refractivity contribution in [3.05, 3.63) is 28.2 Å². The van der Waals surface area contributed by atoms with Crippen LogP contribution in [0.15, 0.2) is 22.7 Å². The molecule has 0 aliphatic rings. The summed E-state index contributed by atoms with van der Waals surface area (Å²) in [6, 6.07) is 4.56. The van der Waals surface area contributed by atoms with E-state index in [1.54, 1.807) is 6.07 Å². The summed E-state index contributed by atoms with van der Waals surface area (Å²) in [6.45, 7) is 0. The largest absolute Gasteiger partial charge is 0.397 e. The lowest BCUT2D eigenvalue weighted by Crippen LogP contribution is -2.23. The number of nitrogens with two attached hydrogens (primary N) is 1. The molecule has 98 valence electrons. The van der Waals surface area contributed by atoms with E-state index in [0.717, 1.165) is 0 Å². The number of nitrogens with one attached hydrogen (secondary N) is 1. The Kier molecular flexibility index (Phi) is 4.69. The molecule has 0 bridgehead atoms. The van der Waals surface area contributed by atoms with Crippen LogP contribution in [0.5, 0.6) is 0 Å². The summed E-state index contributed by atoms with van der Waals surface area (Å²) in [6.07, 6.45) is -6.12. The van der Waals surface area contributed by atoms with E-state index in [2.05, 4.69) is 21.2 Å². The van der Waals surface area contributed by atoms with Crippen molar-refractivity contribution in [3.63, 3.8) is 0 Å². The molecular formula is C10H8BrF3N2OS. The first-order valence-electron chi connectivity index (χ1n) is 4.65. The Hall–Kier alpha value is -1.15. The highest BCUT2D eigenvalue weighted by Crippen LogP contribution is 2.24. The third-order valence-electron chi connectivity index (χ3n) is 1.88. The fourth-order valence-electron chi connectivity index (χ4n) is 1.21. The van der Waals surface area contributed by atoms with Gasteiger partial charge in [0.1, 0.15) is 11.4 Å². The van der Waals surface area contributed by atoms with Gasteiger partial charge < -0.3 is 11.1 Å². The quantitative estimate of drug-likeness (QED) is 0.831. The molecule has 3 N–H and O–H groups in total. The van der Waals surface area contributed by atoms with Crippen molar-refractivity contribution in [2.75, 3.05) is 5.32 Å². The van der Waals surface area contributed by atoms with Gasteiger partial charge in [0, 0.05) is 10.0 Å². The van der Waals surface area contributed by atoms with Crippen molar-refractivity contribution >= 4 is 44.7 Å². The molecule has 1 aromatic carbocycles. The molecule has 0 radical (unpaired) electrons. The SMILES string of the molecule is NC(=S)c1ccc(Br)cc1NC(=O)CC(F)(F)F. The Bertz CT molecular complexity index is 491. The molecule has 0 aliphatic heterocycles. The number of benzene rings is 1. The molecule has 0 saturated carbocycles. The average Bonchev–Trinajstić information content (AvgIpc) is 2.13. The van der Waals surface area contributed by atoms with Gasteiger partial charge in [0.15, 0.2) is 0 Å². The third-order valence-corrected chi connectivity index (χ3v) is 2.60. The summed E-state index contributed by atoms with van der Waals surface area (Å²) in [5.74, 6) is -1.17. The summed E-state index contributed by atoms with van der Waals surface area (Å²) in [5.41, 5.74) is 5.86. The van der Waals surface area contributed by atoms with Crippen LogP contribution in [0, 0.1) is 0 Å². The average molecular weight is 341 g/mol. The van der Waals surface area contributed by atoms with Gasteiger partial charge in [-0.3, -0.25) is 4.79 Å². The minimum atomic E-state index is -4.56. The lowest BCUT2D eigenvalue weighted by Gasteiger charge is -2.11. The van der Waals surface area contributed by atoms with Gasteiger partial charge in [0.2, 0.25) is 5.91 Å². The van der Waals surface area contributed by atoms with Crippen LogP contribution in [0.1, 0.15) is 12.0 Å². The second-order valence-corrected chi connectivity index (χ2v) is 4.75. The standard InChI is InChI=1S/C10H8BrF3N2OS/c11-5-1-2-6(9(15)18)7(3-5)16-8(17)4-10(12,13)14/h1-3H,4H2,(H2,15,18)(H,16,17). The molecule has 0 heterocycles. The normalized spacial score (nSPS) is 11.1. The summed E-state index contributed by atoms with van der Waals surface area (Å²) in [7, 11) is 0. The molecular weight excluding hydrogens is 333 g/mol. The van der Waals surface area contributed by atoms with E-state index in [0.29, 0.717) is 10.0 Å². The van der Waals surface area contributed by atoms with Crippen LogP contribution in [0.2, 0.25) is 0 Å². The number of hydrogen-bond acceptors (Lipinski definition) is 2. The minimum Gasteiger partial charge on any atom is -0.389 e. The zero-order chi connectivity index (χ0) is 13.9. The maximum absolute atomic E-state index is 12.0. The number of carbonyl (C=O) groups excluding carboxylic acids is 1. The zero-order valence-electron chi connectivity index (χ0n) is 8.84. The number of amides is 1. The molecule has 8 heteroatoms. The van der Waals surface area contributed by atoms with Crippen LogP contribution in [0.25, 0.3) is 0 Å². The highest BCUT2D eigenvalue weighted by atomic mass is 79.9. The van der Waals surface area contributed by atoms with Gasteiger partial charge in [-0.1, -0.05) is 28.1 Å². The first-order valence-corrected chi connectivity index (χ1v) is 5.85. The monoisotopic (exact) mass is 340 g/mol. The summed E-state index contributed by atoms with van der Waals surface area (Å²) in [5, 5.41) is 2.13. The van der Waals surface area contributed by atoms with Crippen molar-refractivity contribution in [1.29, 1.82) is 0 Å². The van der Waals surface area contributed by atoms with E-state index >= 15 is 0 Å². The highest BCUT2D eigenvalue weighted by molar-refractivity contribution is 9.10.